The fourth-order valence-electron chi connectivity index (χ4n) is 3.33. The highest BCUT2D eigenvalue weighted by Gasteiger charge is 2.16. The van der Waals surface area contributed by atoms with Crippen LogP contribution < -0.4 is 5.32 Å². The second-order valence-corrected chi connectivity index (χ2v) is 9.05. The highest BCUT2D eigenvalue weighted by Crippen LogP contribution is 2.34. The number of rotatable bonds is 6. The van der Waals surface area contributed by atoms with Gasteiger partial charge in [-0.1, -0.05) is 91.1 Å². The number of carbonyl (C=O) groups excluding carboxylic acids is 1. The van der Waals surface area contributed by atoms with E-state index in [9.17, 15) is 4.79 Å². The summed E-state index contributed by atoms with van der Waals surface area (Å²) in [5.74, 6) is -0.285. The van der Waals surface area contributed by atoms with Crippen LogP contribution in [0.15, 0.2) is 72.8 Å². The molecule has 0 saturated carbocycles. The Hall–Kier alpha value is -2.66. The zero-order chi connectivity index (χ0) is 21.8. The van der Waals surface area contributed by atoms with Crippen LogP contribution in [0.3, 0.4) is 0 Å². The molecule has 1 amide bonds. The fourth-order valence-corrected chi connectivity index (χ4v) is 4.94. The molecule has 4 rings (SSSR count). The quantitative estimate of drug-likeness (QED) is 0.312. The van der Waals surface area contributed by atoms with Gasteiger partial charge in [-0.05, 0) is 35.7 Å². The van der Waals surface area contributed by atoms with E-state index in [1.54, 1.807) is 18.2 Å². The van der Waals surface area contributed by atoms with Gasteiger partial charge in [0.2, 0.25) is 0 Å². The van der Waals surface area contributed by atoms with Crippen LogP contribution in [0.5, 0.6) is 0 Å². The summed E-state index contributed by atoms with van der Waals surface area (Å²) in [5, 5.41) is 4.29. The van der Waals surface area contributed by atoms with E-state index in [0.29, 0.717) is 20.7 Å². The lowest BCUT2D eigenvalue weighted by atomic mass is 10.0. The third-order valence-corrected chi connectivity index (χ3v) is 6.25. The number of nitrogens with zero attached hydrogens (tertiary/aromatic N) is 1. The van der Waals surface area contributed by atoms with Crippen LogP contribution in [0, 0.1) is 0 Å². The van der Waals surface area contributed by atoms with Crippen LogP contribution in [-0.2, 0) is 6.42 Å². The fraction of sp³-hybridized carbons (Fsp3) is 0.120. The van der Waals surface area contributed by atoms with Gasteiger partial charge in [0.25, 0.3) is 5.91 Å². The Bertz CT molecular complexity index is 1180. The van der Waals surface area contributed by atoms with Crippen molar-refractivity contribution < 1.29 is 4.79 Å². The number of aromatic nitrogens is 1. The van der Waals surface area contributed by atoms with Gasteiger partial charge in [-0.15, -0.1) is 11.3 Å². The number of carbonyl (C=O) groups is 1. The second kappa shape index (κ2) is 9.65. The maximum atomic E-state index is 12.7. The molecule has 0 radical (unpaired) electrons. The molecule has 31 heavy (non-hydrogen) atoms. The van der Waals surface area contributed by atoms with E-state index in [1.165, 1.54) is 16.9 Å². The molecule has 0 bridgehead atoms. The first-order valence-electron chi connectivity index (χ1n) is 9.96. The Morgan fingerprint density at radius 1 is 0.903 bits per heavy atom. The molecule has 1 aromatic heterocycles. The van der Waals surface area contributed by atoms with Crippen molar-refractivity contribution in [3.8, 4) is 22.4 Å². The number of benzene rings is 3. The minimum absolute atomic E-state index is 0.285. The molecule has 6 heteroatoms. The van der Waals surface area contributed by atoms with Crippen molar-refractivity contribution in [1.29, 1.82) is 0 Å². The lowest BCUT2D eigenvalue weighted by Gasteiger charge is -2.05. The van der Waals surface area contributed by atoms with E-state index in [1.807, 2.05) is 18.2 Å². The first-order valence-corrected chi connectivity index (χ1v) is 11.5. The van der Waals surface area contributed by atoms with Gasteiger partial charge < -0.3 is 0 Å². The molecule has 0 fully saturated rings. The zero-order valence-corrected chi connectivity index (χ0v) is 19.2. The minimum Gasteiger partial charge on any atom is -0.298 e. The highest BCUT2D eigenvalue weighted by molar-refractivity contribution is 7.16. The first-order chi connectivity index (χ1) is 15.0. The number of anilines is 1. The molecule has 0 aliphatic carbocycles. The summed E-state index contributed by atoms with van der Waals surface area (Å²) in [5.41, 5.74) is 4.67. The Morgan fingerprint density at radius 3 is 2.16 bits per heavy atom. The van der Waals surface area contributed by atoms with E-state index in [4.69, 9.17) is 28.2 Å². The lowest BCUT2D eigenvalue weighted by molar-refractivity contribution is 0.102. The maximum absolute atomic E-state index is 12.7. The largest absolute Gasteiger partial charge is 0.298 e. The normalized spacial score (nSPS) is 10.8. The molecule has 156 valence electrons. The summed E-state index contributed by atoms with van der Waals surface area (Å²) in [7, 11) is 0. The molecule has 0 saturated heterocycles. The maximum Gasteiger partial charge on any atom is 0.257 e. The number of hydrogen-bond acceptors (Lipinski definition) is 3. The number of aryl methyl sites for hydroxylation is 1. The van der Waals surface area contributed by atoms with Crippen molar-refractivity contribution in [3.63, 3.8) is 0 Å². The average molecular weight is 467 g/mol. The van der Waals surface area contributed by atoms with Crippen LogP contribution >= 0.6 is 34.5 Å². The van der Waals surface area contributed by atoms with Gasteiger partial charge in [0.1, 0.15) is 0 Å². The molecule has 3 nitrogen and oxygen atoms in total. The predicted molar refractivity (Wildman–Crippen MR) is 131 cm³/mol. The Morgan fingerprint density at radius 2 is 1.52 bits per heavy atom. The third kappa shape index (κ3) is 5.16. The van der Waals surface area contributed by atoms with E-state index in [0.717, 1.165) is 34.5 Å². The molecule has 4 aromatic rings. The minimum atomic E-state index is -0.285. The topological polar surface area (TPSA) is 42.0 Å². The Labute approximate surface area is 195 Å². The van der Waals surface area contributed by atoms with Crippen LogP contribution in [0.1, 0.15) is 28.6 Å². The summed E-state index contributed by atoms with van der Waals surface area (Å²) in [6.07, 6.45) is 1.89. The molecule has 0 aliphatic heterocycles. The summed E-state index contributed by atoms with van der Waals surface area (Å²) in [6, 6.07) is 23.4. The van der Waals surface area contributed by atoms with Crippen molar-refractivity contribution in [3.05, 3.63) is 93.3 Å². The highest BCUT2D eigenvalue weighted by atomic mass is 35.5. The molecular weight excluding hydrogens is 447 g/mol. The number of amides is 1. The van der Waals surface area contributed by atoms with E-state index in [2.05, 4.69) is 48.6 Å². The Balaban J connectivity index is 1.60. The van der Waals surface area contributed by atoms with Crippen LogP contribution in [0.25, 0.3) is 22.4 Å². The van der Waals surface area contributed by atoms with Crippen molar-refractivity contribution in [2.24, 2.45) is 0 Å². The van der Waals surface area contributed by atoms with Crippen LogP contribution in [0.4, 0.5) is 5.13 Å². The standard InChI is InChI=1S/C25H20Cl2N2OS/c1-2-6-22-23(18-11-9-17(10-12-18)16-7-4-3-5-8-16)28-25(31-22)29-24(30)19-13-20(26)15-21(27)14-19/h3-5,7-15H,2,6H2,1H3,(H,28,29,30). The summed E-state index contributed by atoms with van der Waals surface area (Å²) in [6.45, 7) is 2.13. The SMILES string of the molecule is CCCc1sc(NC(=O)c2cc(Cl)cc(Cl)c2)nc1-c1ccc(-c2ccccc2)cc1. The third-order valence-electron chi connectivity index (χ3n) is 4.79. The van der Waals surface area contributed by atoms with Crippen molar-refractivity contribution in [2.45, 2.75) is 19.8 Å². The van der Waals surface area contributed by atoms with Crippen LogP contribution in [0.2, 0.25) is 10.0 Å². The predicted octanol–water partition coefficient (Wildman–Crippen LogP) is 7.99. The number of thiazole rings is 1. The first kappa shape index (κ1) is 21.6. The summed E-state index contributed by atoms with van der Waals surface area (Å²) < 4.78 is 0. The second-order valence-electron chi connectivity index (χ2n) is 7.10. The van der Waals surface area contributed by atoms with Gasteiger partial charge in [0.15, 0.2) is 5.13 Å². The molecule has 0 unspecified atom stereocenters. The van der Waals surface area contributed by atoms with E-state index < -0.39 is 0 Å². The van der Waals surface area contributed by atoms with Gasteiger partial charge >= 0.3 is 0 Å². The number of nitrogens with one attached hydrogen (secondary N) is 1. The van der Waals surface area contributed by atoms with Crippen molar-refractivity contribution >= 4 is 45.6 Å². The molecule has 3 aromatic carbocycles. The van der Waals surface area contributed by atoms with Gasteiger partial charge in [-0.2, -0.15) is 0 Å². The van der Waals surface area contributed by atoms with Gasteiger partial charge in [0, 0.05) is 26.0 Å². The molecule has 1 heterocycles. The monoisotopic (exact) mass is 466 g/mol. The van der Waals surface area contributed by atoms with Gasteiger partial charge in [-0.25, -0.2) is 4.98 Å². The summed E-state index contributed by atoms with van der Waals surface area (Å²) in [4.78, 5) is 18.6. The molecule has 0 atom stereocenters. The number of hydrogen-bond donors (Lipinski definition) is 1. The van der Waals surface area contributed by atoms with Gasteiger partial charge in [-0.3, -0.25) is 10.1 Å². The molecule has 0 aliphatic rings. The zero-order valence-electron chi connectivity index (χ0n) is 16.9. The van der Waals surface area contributed by atoms with Crippen LogP contribution in [-0.4, -0.2) is 10.9 Å². The number of halogens is 2. The smallest absolute Gasteiger partial charge is 0.257 e. The summed E-state index contributed by atoms with van der Waals surface area (Å²) >= 11 is 13.6. The average Bonchev–Trinajstić information content (AvgIpc) is 3.16. The molecular formula is C25H20Cl2N2OS. The van der Waals surface area contributed by atoms with E-state index in [-0.39, 0.29) is 5.91 Å². The van der Waals surface area contributed by atoms with Gasteiger partial charge in [0.05, 0.1) is 5.69 Å². The Kier molecular flexibility index (Phi) is 6.71. The van der Waals surface area contributed by atoms with E-state index >= 15 is 0 Å². The van der Waals surface area contributed by atoms with Crippen molar-refractivity contribution in [2.75, 3.05) is 5.32 Å². The van der Waals surface area contributed by atoms with Crippen molar-refractivity contribution in [1.82, 2.24) is 4.98 Å². The lowest BCUT2D eigenvalue weighted by Crippen LogP contribution is -2.11. The molecule has 0 spiro atoms. The molecule has 1 N–H and O–H groups in total.